The Bertz CT molecular complexity index is 1310. The molecule has 0 atom stereocenters. The number of hydrogen-bond donors (Lipinski definition) is 1. The van der Waals surface area contributed by atoms with Crippen molar-refractivity contribution in [1.82, 2.24) is 5.32 Å². The van der Waals surface area contributed by atoms with E-state index in [2.05, 4.69) is 5.32 Å². The number of benzene rings is 3. The molecule has 1 saturated heterocycles. The first-order chi connectivity index (χ1) is 14.1. The summed E-state index contributed by atoms with van der Waals surface area (Å²) in [6.45, 7) is 0. The molecule has 5 rings (SSSR count). The Morgan fingerprint density at radius 3 is 2.38 bits per heavy atom. The second kappa shape index (κ2) is 6.45. The number of furan rings is 1. The average molecular weight is 382 g/mol. The number of carbonyl (C=O) groups is 3. The Balaban J connectivity index is 1.62. The monoisotopic (exact) mass is 382 g/mol. The van der Waals surface area contributed by atoms with Crippen molar-refractivity contribution in [2.45, 2.75) is 0 Å². The van der Waals surface area contributed by atoms with Crippen LogP contribution in [-0.4, -0.2) is 17.8 Å². The first-order valence-electron chi connectivity index (χ1n) is 8.99. The van der Waals surface area contributed by atoms with Gasteiger partial charge in [0, 0.05) is 10.8 Å². The van der Waals surface area contributed by atoms with Crippen LogP contribution in [0.5, 0.6) is 0 Å². The van der Waals surface area contributed by atoms with Gasteiger partial charge < -0.3 is 4.42 Å². The van der Waals surface area contributed by atoms with E-state index in [-0.39, 0.29) is 5.57 Å². The number of rotatable bonds is 2. The zero-order valence-corrected chi connectivity index (χ0v) is 15.1. The third-order valence-corrected chi connectivity index (χ3v) is 4.84. The molecule has 1 aliphatic rings. The summed E-state index contributed by atoms with van der Waals surface area (Å²) in [5.74, 6) is -1.09. The predicted molar refractivity (Wildman–Crippen MR) is 109 cm³/mol. The summed E-state index contributed by atoms with van der Waals surface area (Å²) in [6, 6.07) is 21.1. The Labute approximate surface area is 165 Å². The number of nitrogens with zero attached hydrogens (tertiary/aromatic N) is 1. The van der Waals surface area contributed by atoms with E-state index in [1.54, 1.807) is 24.3 Å². The molecule has 1 N–H and O–H groups in total. The second-order valence-electron chi connectivity index (χ2n) is 6.64. The van der Waals surface area contributed by atoms with Crippen molar-refractivity contribution in [2.24, 2.45) is 0 Å². The minimum atomic E-state index is -0.780. The molecule has 0 saturated carbocycles. The smallest absolute Gasteiger partial charge is 0.335 e. The fourth-order valence-corrected chi connectivity index (χ4v) is 3.50. The van der Waals surface area contributed by atoms with Crippen molar-refractivity contribution in [3.8, 4) is 0 Å². The predicted octanol–water partition coefficient (Wildman–Crippen LogP) is 4.25. The number of anilines is 1. The van der Waals surface area contributed by atoms with Crippen LogP contribution in [0.2, 0.25) is 0 Å². The van der Waals surface area contributed by atoms with Crippen LogP contribution in [0.15, 0.2) is 82.8 Å². The molecular formula is C23H14N2O4. The first-order valence-corrected chi connectivity index (χ1v) is 8.99. The SMILES string of the molecule is O=C1NC(=O)N(c2cccc3ccccc23)C(=O)C1=Cc1cc2ccccc2o1. The zero-order valence-electron chi connectivity index (χ0n) is 15.1. The molecule has 1 aliphatic heterocycles. The summed E-state index contributed by atoms with van der Waals surface area (Å²) >= 11 is 0. The van der Waals surface area contributed by atoms with Crippen molar-refractivity contribution >= 4 is 51.4 Å². The van der Waals surface area contributed by atoms with Crippen molar-refractivity contribution in [2.75, 3.05) is 4.90 Å². The molecule has 0 radical (unpaired) electrons. The van der Waals surface area contributed by atoms with E-state index >= 15 is 0 Å². The molecule has 4 amide bonds. The number of nitrogens with one attached hydrogen (secondary N) is 1. The van der Waals surface area contributed by atoms with Gasteiger partial charge in [-0.1, -0.05) is 54.6 Å². The van der Waals surface area contributed by atoms with Crippen LogP contribution in [0.3, 0.4) is 0 Å². The Kier molecular flexibility index (Phi) is 3.77. The lowest BCUT2D eigenvalue weighted by molar-refractivity contribution is -0.122. The minimum absolute atomic E-state index is 0.170. The number of fused-ring (bicyclic) bond motifs is 2. The van der Waals surface area contributed by atoms with Gasteiger partial charge in [-0.2, -0.15) is 0 Å². The summed E-state index contributed by atoms with van der Waals surface area (Å²) in [6.07, 6.45) is 1.36. The van der Waals surface area contributed by atoms with Crippen LogP contribution in [0.25, 0.3) is 27.8 Å². The molecule has 1 fully saturated rings. The highest BCUT2D eigenvalue weighted by atomic mass is 16.3. The van der Waals surface area contributed by atoms with Gasteiger partial charge in [-0.15, -0.1) is 0 Å². The lowest BCUT2D eigenvalue weighted by atomic mass is 10.1. The van der Waals surface area contributed by atoms with Crippen molar-refractivity contribution in [1.29, 1.82) is 0 Å². The lowest BCUT2D eigenvalue weighted by Gasteiger charge is -2.27. The molecule has 0 bridgehead atoms. The van der Waals surface area contributed by atoms with Gasteiger partial charge in [0.05, 0.1) is 5.69 Å². The van der Waals surface area contributed by atoms with E-state index in [1.165, 1.54) is 6.08 Å². The summed E-state index contributed by atoms with van der Waals surface area (Å²) in [7, 11) is 0. The highest BCUT2D eigenvalue weighted by Gasteiger charge is 2.37. The Hall–Kier alpha value is -4.19. The molecule has 140 valence electrons. The molecule has 0 aliphatic carbocycles. The molecule has 3 aromatic carbocycles. The molecule has 6 heteroatoms. The number of amides is 4. The van der Waals surface area contributed by atoms with E-state index in [0.29, 0.717) is 17.0 Å². The number of urea groups is 1. The van der Waals surface area contributed by atoms with Crippen LogP contribution < -0.4 is 10.2 Å². The summed E-state index contributed by atoms with van der Waals surface area (Å²) in [5.41, 5.74) is 0.884. The van der Waals surface area contributed by atoms with Crippen LogP contribution in [-0.2, 0) is 9.59 Å². The van der Waals surface area contributed by atoms with Crippen LogP contribution in [0.4, 0.5) is 10.5 Å². The Morgan fingerprint density at radius 1 is 0.828 bits per heavy atom. The number of barbiturate groups is 1. The van der Waals surface area contributed by atoms with Gasteiger partial charge >= 0.3 is 6.03 Å². The van der Waals surface area contributed by atoms with Gasteiger partial charge in [-0.05, 0) is 29.7 Å². The molecule has 2 heterocycles. The third-order valence-electron chi connectivity index (χ3n) is 4.84. The fourth-order valence-electron chi connectivity index (χ4n) is 3.50. The molecular weight excluding hydrogens is 368 g/mol. The summed E-state index contributed by atoms with van der Waals surface area (Å²) in [5, 5.41) is 4.71. The molecule has 29 heavy (non-hydrogen) atoms. The van der Waals surface area contributed by atoms with Gasteiger partial charge in [-0.25, -0.2) is 9.69 Å². The quantitative estimate of drug-likeness (QED) is 0.415. The molecule has 0 spiro atoms. The molecule has 4 aromatic rings. The number of carbonyl (C=O) groups excluding carboxylic acids is 3. The van der Waals surface area contributed by atoms with Crippen LogP contribution in [0, 0.1) is 0 Å². The van der Waals surface area contributed by atoms with Gasteiger partial charge in [0.2, 0.25) is 0 Å². The highest BCUT2D eigenvalue weighted by molar-refractivity contribution is 6.40. The zero-order chi connectivity index (χ0) is 20.0. The van der Waals surface area contributed by atoms with Crippen molar-refractivity contribution < 1.29 is 18.8 Å². The van der Waals surface area contributed by atoms with Gasteiger partial charge in [0.15, 0.2) is 0 Å². The molecule has 1 aromatic heterocycles. The Morgan fingerprint density at radius 2 is 1.55 bits per heavy atom. The maximum absolute atomic E-state index is 13.1. The van der Waals surface area contributed by atoms with Gasteiger partial charge in [0.1, 0.15) is 16.9 Å². The van der Waals surface area contributed by atoms with E-state index in [0.717, 1.165) is 21.1 Å². The maximum Gasteiger partial charge on any atom is 0.335 e. The summed E-state index contributed by atoms with van der Waals surface area (Å²) in [4.78, 5) is 39.0. The molecule has 6 nitrogen and oxygen atoms in total. The average Bonchev–Trinajstić information content (AvgIpc) is 3.14. The number of para-hydroxylation sites is 1. The summed E-state index contributed by atoms with van der Waals surface area (Å²) < 4.78 is 5.69. The van der Waals surface area contributed by atoms with E-state index < -0.39 is 17.8 Å². The van der Waals surface area contributed by atoms with Crippen molar-refractivity contribution in [3.63, 3.8) is 0 Å². The first kappa shape index (κ1) is 16.9. The highest BCUT2D eigenvalue weighted by Crippen LogP contribution is 2.30. The second-order valence-corrected chi connectivity index (χ2v) is 6.64. The third kappa shape index (κ3) is 2.78. The lowest BCUT2D eigenvalue weighted by Crippen LogP contribution is -2.54. The normalized spacial score (nSPS) is 16.1. The number of imide groups is 2. The van der Waals surface area contributed by atoms with Gasteiger partial charge in [-0.3, -0.25) is 14.9 Å². The maximum atomic E-state index is 13.1. The standard InChI is InChI=1S/C23H14N2O4/c26-21-18(13-16-12-15-7-2-4-11-20(15)29-16)22(27)25(23(28)24-21)19-10-5-8-14-6-1-3-9-17(14)19/h1-13H,(H,24,26,28). The number of hydrogen-bond acceptors (Lipinski definition) is 4. The van der Waals surface area contributed by atoms with E-state index in [1.807, 2.05) is 48.5 Å². The van der Waals surface area contributed by atoms with Crippen LogP contribution >= 0.6 is 0 Å². The van der Waals surface area contributed by atoms with Gasteiger partial charge in [0.25, 0.3) is 11.8 Å². The van der Waals surface area contributed by atoms with E-state index in [4.69, 9.17) is 4.42 Å². The topological polar surface area (TPSA) is 79.6 Å². The minimum Gasteiger partial charge on any atom is -0.457 e. The van der Waals surface area contributed by atoms with Crippen molar-refractivity contribution in [3.05, 3.63) is 84.1 Å². The van der Waals surface area contributed by atoms with E-state index in [9.17, 15) is 14.4 Å². The van der Waals surface area contributed by atoms with Crippen LogP contribution in [0.1, 0.15) is 5.76 Å². The largest absolute Gasteiger partial charge is 0.457 e. The fraction of sp³-hybridized carbons (Fsp3) is 0. The molecule has 0 unspecified atom stereocenters.